The fraction of sp³-hybridized carbons (Fsp3) is 0.917. The lowest BCUT2D eigenvalue weighted by Crippen LogP contribution is -2.49. The van der Waals surface area contributed by atoms with E-state index in [1.807, 2.05) is 27.7 Å². The quantitative estimate of drug-likeness (QED) is 0.608. The van der Waals surface area contributed by atoms with Crippen molar-refractivity contribution in [3.05, 3.63) is 0 Å². The standard InChI is InChI=1S/C12H26N2O2/c1-5-9(4)11(13)12(16)14-10(6-7-15)8(2)3/h8-11,15H,5-7,13H2,1-4H3,(H,14,16)/t9?,10?,11-/m0/s1. The van der Waals surface area contributed by atoms with Crippen LogP contribution in [0.2, 0.25) is 0 Å². The van der Waals surface area contributed by atoms with Crippen molar-refractivity contribution in [2.75, 3.05) is 6.61 Å². The van der Waals surface area contributed by atoms with Crippen molar-refractivity contribution in [2.24, 2.45) is 17.6 Å². The summed E-state index contributed by atoms with van der Waals surface area (Å²) < 4.78 is 0. The lowest BCUT2D eigenvalue weighted by atomic mass is 9.97. The zero-order valence-corrected chi connectivity index (χ0v) is 10.9. The molecular weight excluding hydrogens is 204 g/mol. The molecule has 0 spiro atoms. The number of amides is 1. The van der Waals surface area contributed by atoms with Crippen LogP contribution in [0.15, 0.2) is 0 Å². The number of hydrogen-bond donors (Lipinski definition) is 3. The Kier molecular flexibility index (Phi) is 7.34. The summed E-state index contributed by atoms with van der Waals surface area (Å²) in [7, 11) is 0. The first-order chi connectivity index (χ1) is 7.43. The van der Waals surface area contributed by atoms with Gasteiger partial charge >= 0.3 is 0 Å². The second-order valence-electron chi connectivity index (χ2n) is 4.78. The number of aliphatic hydroxyl groups is 1. The zero-order valence-electron chi connectivity index (χ0n) is 10.9. The molecule has 4 N–H and O–H groups in total. The minimum Gasteiger partial charge on any atom is -0.396 e. The molecule has 1 amide bonds. The average molecular weight is 230 g/mol. The van der Waals surface area contributed by atoms with Crippen LogP contribution in [0.25, 0.3) is 0 Å². The SMILES string of the molecule is CCC(C)[C@H](N)C(=O)NC(CCO)C(C)C. The van der Waals surface area contributed by atoms with Gasteiger partial charge in [0.15, 0.2) is 0 Å². The lowest BCUT2D eigenvalue weighted by Gasteiger charge is -2.25. The Labute approximate surface area is 98.6 Å². The molecule has 0 bridgehead atoms. The molecule has 0 saturated carbocycles. The van der Waals surface area contributed by atoms with Crippen molar-refractivity contribution >= 4 is 5.91 Å². The van der Waals surface area contributed by atoms with E-state index in [0.717, 1.165) is 6.42 Å². The number of nitrogens with two attached hydrogens (primary N) is 1. The van der Waals surface area contributed by atoms with Gasteiger partial charge in [-0.25, -0.2) is 0 Å². The Balaban J connectivity index is 4.28. The van der Waals surface area contributed by atoms with Crippen molar-refractivity contribution in [3.63, 3.8) is 0 Å². The number of nitrogens with one attached hydrogen (secondary N) is 1. The summed E-state index contributed by atoms with van der Waals surface area (Å²) in [4.78, 5) is 11.8. The minimum absolute atomic E-state index is 0.00704. The van der Waals surface area contributed by atoms with Crippen LogP contribution in [0.1, 0.15) is 40.5 Å². The van der Waals surface area contributed by atoms with Gasteiger partial charge in [0.1, 0.15) is 0 Å². The zero-order chi connectivity index (χ0) is 12.7. The van der Waals surface area contributed by atoms with E-state index < -0.39 is 6.04 Å². The molecule has 4 nitrogen and oxygen atoms in total. The third-order valence-corrected chi connectivity index (χ3v) is 3.13. The van der Waals surface area contributed by atoms with Crippen LogP contribution >= 0.6 is 0 Å². The summed E-state index contributed by atoms with van der Waals surface area (Å²) in [5.74, 6) is 0.378. The van der Waals surface area contributed by atoms with Gasteiger partial charge in [0, 0.05) is 12.6 Å². The second-order valence-corrected chi connectivity index (χ2v) is 4.78. The van der Waals surface area contributed by atoms with Crippen LogP contribution in [0.5, 0.6) is 0 Å². The third-order valence-electron chi connectivity index (χ3n) is 3.13. The highest BCUT2D eigenvalue weighted by Crippen LogP contribution is 2.09. The highest BCUT2D eigenvalue weighted by molar-refractivity contribution is 5.82. The molecule has 0 saturated heterocycles. The van der Waals surface area contributed by atoms with Gasteiger partial charge in [-0.15, -0.1) is 0 Å². The maximum Gasteiger partial charge on any atom is 0.237 e. The summed E-state index contributed by atoms with van der Waals surface area (Å²) in [5.41, 5.74) is 5.84. The summed E-state index contributed by atoms with van der Waals surface area (Å²) in [6, 6.07) is -0.447. The number of hydrogen-bond acceptors (Lipinski definition) is 3. The average Bonchev–Trinajstić information content (AvgIpc) is 2.25. The molecule has 0 aromatic carbocycles. The molecule has 0 aliphatic heterocycles. The van der Waals surface area contributed by atoms with Gasteiger partial charge in [0.05, 0.1) is 6.04 Å². The van der Waals surface area contributed by atoms with Crippen LogP contribution in [0.3, 0.4) is 0 Å². The molecule has 0 aromatic rings. The Morgan fingerprint density at radius 1 is 1.38 bits per heavy atom. The van der Waals surface area contributed by atoms with E-state index >= 15 is 0 Å². The molecule has 3 atom stereocenters. The second kappa shape index (κ2) is 7.63. The number of carbonyl (C=O) groups is 1. The first-order valence-electron chi connectivity index (χ1n) is 6.10. The van der Waals surface area contributed by atoms with Gasteiger partial charge in [-0.05, 0) is 18.3 Å². The van der Waals surface area contributed by atoms with Crippen molar-refractivity contribution in [1.29, 1.82) is 0 Å². The predicted octanol–water partition coefficient (Wildman–Crippen LogP) is 0.883. The summed E-state index contributed by atoms with van der Waals surface area (Å²) in [6.07, 6.45) is 1.47. The molecule has 0 heterocycles. The Morgan fingerprint density at radius 2 is 1.94 bits per heavy atom. The van der Waals surface area contributed by atoms with Gasteiger partial charge in [-0.1, -0.05) is 34.1 Å². The maximum absolute atomic E-state index is 11.8. The Morgan fingerprint density at radius 3 is 2.31 bits per heavy atom. The summed E-state index contributed by atoms with van der Waals surface area (Å²) in [6.45, 7) is 8.12. The molecule has 4 heteroatoms. The van der Waals surface area contributed by atoms with Gasteiger partial charge in [0.25, 0.3) is 0 Å². The lowest BCUT2D eigenvalue weighted by molar-refractivity contribution is -0.124. The van der Waals surface area contributed by atoms with Crippen LogP contribution in [-0.2, 0) is 4.79 Å². The van der Waals surface area contributed by atoms with Gasteiger partial charge in [-0.2, -0.15) is 0 Å². The fourth-order valence-corrected chi connectivity index (χ4v) is 1.50. The topological polar surface area (TPSA) is 75.4 Å². The van der Waals surface area contributed by atoms with Gasteiger partial charge in [0.2, 0.25) is 5.91 Å². The number of rotatable bonds is 7. The van der Waals surface area contributed by atoms with Gasteiger partial charge < -0.3 is 16.2 Å². The molecule has 96 valence electrons. The van der Waals surface area contributed by atoms with Crippen molar-refractivity contribution in [1.82, 2.24) is 5.32 Å². The molecule has 0 fully saturated rings. The van der Waals surface area contributed by atoms with E-state index in [9.17, 15) is 4.79 Å². The molecule has 2 unspecified atom stereocenters. The Hall–Kier alpha value is -0.610. The predicted molar refractivity (Wildman–Crippen MR) is 65.9 cm³/mol. The molecular formula is C12H26N2O2. The minimum atomic E-state index is -0.454. The number of carbonyl (C=O) groups excluding carboxylic acids is 1. The first kappa shape index (κ1) is 15.4. The fourth-order valence-electron chi connectivity index (χ4n) is 1.50. The van der Waals surface area contributed by atoms with E-state index in [1.165, 1.54) is 0 Å². The van der Waals surface area contributed by atoms with E-state index in [1.54, 1.807) is 0 Å². The van der Waals surface area contributed by atoms with Crippen molar-refractivity contribution in [2.45, 2.75) is 52.6 Å². The maximum atomic E-state index is 11.8. The molecule has 0 aromatic heterocycles. The largest absolute Gasteiger partial charge is 0.396 e. The molecule has 0 radical (unpaired) electrons. The van der Waals surface area contributed by atoms with E-state index in [0.29, 0.717) is 12.3 Å². The van der Waals surface area contributed by atoms with Crippen molar-refractivity contribution < 1.29 is 9.90 Å². The Bertz CT molecular complexity index is 207. The van der Waals surface area contributed by atoms with Crippen LogP contribution < -0.4 is 11.1 Å². The monoisotopic (exact) mass is 230 g/mol. The molecule has 0 rings (SSSR count). The van der Waals surface area contributed by atoms with E-state index in [2.05, 4.69) is 5.32 Å². The van der Waals surface area contributed by atoms with Gasteiger partial charge in [-0.3, -0.25) is 4.79 Å². The highest BCUT2D eigenvalue weighted by atomic mass is 16.3. The normalized spacial score (nSPS) is 16.9. The molecule has 0 aliphatic carbocycles. The van der Waals surface area contributed by atoms with E-state index in [4.69, 9.17) is 10.8 Å². The number of aliphatic hydroxyl groups excluding tert-OH is 1. The third kappa shape index (κ3) is 4.94. The summed E-state index contributed by atoms with van der Waals surface area (Å²) >= 11 is 0. The van der Waals surface area contributed by atoms with Crippen LogP contribution in [-0.4, -0.2) is 29.7 Å². The van der Waals surface area contributed by atoms with Crippen LogP contribution in [0.4, 0.5) is 0 Å². The smallest absolute Gasteiger partial charge is 0.237 e. The molecule has 16 heavy (non-hydrogen) atoms. The first-order valence-corrected chi connectivity index (χ1v) is 6.10. The van der Waals surface area contributed by atoms with E-state index in [-0.39, 0.29) is 24.5 Å². The highest BCUT2D eigenvalue weighted by Gasteiger charge is 2.23. The van der Waals surface area contributed by atoms with Crippen molar-refractivity contribution in [3.8, 4) is 0 Å². The summed E-state index contributed by atoms with van der Waals surface area (Å²) in [5, 5.41) is 11.8. The van der Waals surface area contributed by atoms with Crippen LogP contribution in [0, 0.1) is 11.8 Å². The molecule has 0 aliphatic rings.